The lowest BCUT2D eigenvalue weighted by Gasteiger charge is -2.31. The van der Waals surface area contributed by atoms with Crippen LogP contribution in [0.3, 0.4) is 0 Å². The molecule has 0 heterocycles. The minimum atomic E-state index is -0.322. The molecule has 0 aliphatic heterocycles. The van der Waals surface area contributed by atoms with Gasteiger partial charge in [0, 0.05) is 11.1 Å². The van der Waals surface area contributed by atoms with E-state index in [0.29, 0.717) is 18.2 Å². The second-order valence-corrected chi connectivity index (χ2v) is 17.8. The van der Waals surface area contributed by atoms with E-state index in [1.54, 1.807) is 0 Å². The molecule has 3 heteroatoms. The van der Waals surface area contributed by atoms with E-state index >= 15 is 0 Å². The smallest absolute Gasteiger partial charge is 0.161 e. The zero-order valence-corrected chi connectivity index (χ0v) is 38.8. The van der Waals surface area contributed by atoms with Crippen molar-refractivity contribution in [3.8, 4) is 44.5 Å². The van der Waals surface area contributed by atoms with Gasteiger partial charge in [0.25, 0.3) is 0 Å². The molecule has 0 amide bonds. The zero-order valence-electron chi connectivity index (χ0n) is 38.8. The highest BCUT2D eigenvalue weighted by molar-refractivity contribution is 6.13. The lowest BCUT2D eigenvalue weighted by molar-refractivity contribution is 0.782. The van der Waals surface area contributed by atoms with Crippen molar-refractivity contribution in [3.63, 3.8) is 0 Å². The average Bonchev–Trinajstić information content (AvgIpc) is 3.89. The molecular weight excluding hydrogens is 835 g/mol. The summed E-state index contributed by atoms with van der Waals surface area (Å²) in [7, 11) is 0. The van der Waals surface area contributed by atoms with Crippen molar-refractivity contribution in [2.24, 2.45) is 15.0 Å². The predicted molar refractivity (Wildman–Crippen MR) is 292 cm³/mol. The first kappa shape index (κ1) is 43.1. The van der Waals surface area contributed by atoms with Crippen LogP contribution in [0.2, 0.25) is 0 Å². The molecule has 69 heavy (non-hydrogen) atoms. The maximum absolute atomic E-state index is 5.13. The molecule has 0 N–H and O–H groups in total. The summed E-state index contributed by atoms with van der Waals surface area (Å²) < 4.78 is 0. The number of amidine groups is 2. The number of allylic oxidation sites excluding steroid dienone is 9. The summed E-state index contributed by atoms with van der Waals surface area (Å²) >= 11 is 0. The van der Waals surface area contributed by atoms with Gasteiger partial charge in [-0.3, -0.25) is 4.99 Å². The average molecular weight is 886 g/mol. The molecule has 0 aromatic heterocycles. The fourth-order valence-electron chi connectivity index (χ4n) is 10.7. The Morgan fingerprint density at radius 3 is 1.72 bits per heavy atom. The van der Waals surface area contributed by atoms with Gasteiger partial charge in [-0.2, -0.15) is 0 Å². The van der Waals surface area contributed by atoms with Gasteiger partial charge in [-0.15, -0.1) is 0 Å². The van der Waals surface area contributed by atoms with Crippen molar-refractivity contribution in [1.29, 1.82) is 0 Å². The lowest BCUT2D eigenvalue weighted by Crippen LogP contribution is -2.26. The molecule has 8 aromatic carbocycles. The predicted octanol–water partition coefficient (Wildman–Crippen LogP) is 16.4. The summed E-state index contributed by atoms with van der Waals surface area (Å²) in [5.41, 5.74) is 22.7. The monoisotopic (exact) mass is 885 g/mol. The molecule has 0 radical (unpaired) electrons. The van der Waals surface area contributed by atoms with Crippen LogP contribution >= 0.6 is 0 Å². The third kappa shape index (κ3) is 7.72. The van der Waals surface area contributed by atoms with Crippen LogP contribution in [0.25, 0.3) is 55.7 Å². The van der Waals surface area contributed by atoms with Crippen LogP contribution < -0.4 is 0 Å². The maximum Gasteiger partial charge on any atom is 0.161 e. The molecule has 11 rings (SSSR count). The number of nitrogens with zero attached hydrogens (tertiary/aromatic N) is 3. The normalized spacial score (nSPS) is 16.1. The zero-order chi connectivity index (χ0) is 46.7. The van der Waals surface area contributed by atoms with E-state index in [-0.39, 0.29) is 5.41 Å². The lowest BCUT2D eigenvalue weighted by atomic mass is 9.69. The van der Waals surface area contributed by atoms with Gasteiger partial charge in [-0.05, 0) is 121 Å². The summed E-state index contributed by atoms with van der Waals surface area (Å²) in [6, 6.07) is 69.9. The Hall–Kier alpha value is -8.53. The minimum Gasteiger partial charge on any atom is -0.261 e. The third-order valence-electron chi connectivity index (χ3n) is 13.9. The molecular formula is C66H51N3. The van der Waals surface area contributed by atoms with Gasteiger partial charge < -0.3 is 0 Å². The van der Waals surface area contributed by atoms with Crippen molar-refractivity contribution >= 4 is 29.5 Å². The van der Waals surface area contributed by atoms with Gasteiger partial charge in [0.15, 0.2) is 11.7 Å². The fraction of sp³-hybridized carbons (Fsp3) is 0.0758. The Kier molecular flexibility index (Phi) is 11.6. The molecule has 0 saturated carbocycles. The molecule has 330 valence electrons. The van der Waals surface area contributed by atoms with Crippen LogP contribution in [0, 0.1) is 0 Å². The Morgan fingerprint density at radius 2 is 1.06 bits per heavy atom. The first-order chi connectivity index (χ1) is 34.1. The van der Waals surface area contributed by atoms with Crippen LogP contribution in [0.4, 0.5) is 0 Å². The largest absolute Gasteiger partial charge is 0.261 e. The van der Waals surface area contributed by atoms with Crippen molar-refractivity contribution in [2.75, 3.05) is 0 Å². The topological polar surface area (TPSA) is 37.1 Å². The summed E-state index contributed by atoms with van der Waals surface area (Å²) in [5.74, 6) is 1.10. The first-order valence-corrected chi connectivity index (χ1v) is 23.8. The van der Waals surface area contributed by atoms with E-state index in [1.807, 2.05) is 43.4 Å². The van der Waals surface area contributed by atoms with E-state index in [2.05, 4.69) is 212 Å². The van der Waals surface area contributed by atoms with Gasteiger partial charge in [-0.25, -0.2) is 9.98 Å². The number of hydrogen-bond donors (Lipinski definition) is 0. The highest BCUT2D eigenvalue weighted by atomic mass is 15.0. The van der Waals surface area contributed by atoms with Crippen molar-refractivity contribution in [1.82, 2.24) is 0 Å². The minimum absolute atomic E-state index is 0.322. The van der Waals surface area contributed by atoms with Crippen molar-refractivity contribution in [2.45, 2.75) is 31.7 Å². The van der Waals surface area contributed by atoms with Crippen LogP contribution in [0.1, 0.15) is 64.3 Å². The highest BCUT2D eigenvalue weighted by Gasteiger charge is 2.53. The standard InChI is InChI=1S/C66H51N3/c1-4-16-46(17-5-2)48-30-28-45(29-31-48)44-68-65(69-64(67-3)53-40-34-49(35-41-53)47-18-7-6-8-19-47)54-42-36-51(37-43-54)50-32-38-52(39-33-50)55-23-15-27-62-63(55)58-22-11-14-26-61(58)66(62)59-24-12-9-20-56(59)57-21-10-13-25-60(57)66/h4-9,11-12,14-43H,1,3,10,13,44H2,2H3/b17-5-,46-16+,68-65?,69-64?. The van der Waals surface area contributed by atoms with E-state index in [4.69, 9.17) is 9.98 Å². The first-order valence-electron chi connectivity index (χ1n) is 23.8. The van der Waals surface area contributed by atoms with Gasteiger partial charge in [0.2, 0.25) is 0 Å². The maximum atomic E-state index is 5.13. The third-order valence-corrected chi connectivity index (χ3v) is 13.9. The van der Waals surface area contributed by atoms with E-state index in [0.717, 1.165) is 62.9 Å². The van der Waals surface area contributed by atoms with Crippen molar-refractivity contribution in [3.05, 3.63) is 287 Å². The molecule has 3 nitrogen and oxygen atoms in total. The van der Waals surface area contributed by atoms with Crippen LogP contribution in [-0.2, 0) is 12.0 Å². The Morgan fingerprint density at radius 1 is 0.522 bits per heavy atom. The molecule has 1 atom stereocenters. The molecule has 1 spiro atoms. The quantitative estimate of drug-likeness (QED) is 0.0745. The number of benzene rings is 8. The highest BCUT2D eigenvalue weighted by Crippen LogP contribution is 2.65. The molecule has 3 aliphatic rings. The Bertz CT molecular complexity index is 3450. The van der Waals surface area contributed by atoms with Gasteiger partial charge in [0.05, 0.1) is 12.0 Å². The van der Waals surface area contributed by atoms with Crippen LogP contribution in [0.15, 0.2) is 258 Å². The molecule has 0 saturated heterocycles. The van der Waals surface area contributed by atoms with Crippen LogP contribution in [0.5, 0.6) is 0 Å². The number of aliphatic imine (C=N–C) groups is 3. The molecule has 0 bridgehead atoms. The van der Waals surface area contributed by atoms with E-state index in [9.17, 15) is 0 Å². The molecule has 1 unspecified atom stereocenters. The summed E-state index contributed by atoms with van der Waals surface area (Å²) in [4.78, 5) is 14.7. The Balaban J connectivity index is 0.920. The fourth-order valence-corrected chi connectivity index (χ4v) is 10.7. The number of fused-ring (bicyclic) bond motifs is 10. The van der Waals surface area contributed by atoms with Crippen molar-refractivity contribution < 1.29 is 0 Å². The van der Waals surface area contributed by atoms with Gasteiger partial charge in [0.1, 0.15) is 0 Å². The summed E-state index contributed by atoms with van der Waals surface area (Å²) in [5, 5.41) is 0. The Labute approximate surface area is 406 Å². The SMILES string of the molecule is C=C/C=C(\C=C/C)c1ccc(CN=C(N=C(N=C)c2ccc(-c3ccccc3)cc2)c2ccc(-c3ccc(-c4cccc5c4-c4ccccc4C54C5=CCCC=C5c5ccccc54)cc3)cc2)cc1. The summed E-state index contributed by atoms with van der Waals surface area (Å²) in [6.45, 7) is 10.3. The molecule has 8 aromatic rings. The molecule has 0 fully saturated rings. The number of hydrogen-bond acceptors (Lipinski definition) is 1. The summed E-state index contributed by atoms with van der Waals surface area (Å²) in [6.07, 6.45) is 15.1. The van der Waals surface area contributed by atoms with E-state index < -0.39 is 0 Å². The second kappa shape index (κ2) is 18.6. The van der Waals surface area contributed by atoms with Gasteiger partial charge in [-0.1, -0.05) is 237 Å². The van der Waals surface area contributed by atoms with Gasteiger partial charge >= 0.3 is 0 Å². The van der Waals surface area contributed by atoms with E-state index in [1.165, 1.54) is 55.7 Å². The molecule has 3 aliphatic carbocycles. The number of rotatable bonds is 10. The van der Waals surface area contributed by atoms with Crippen LogP contribution in [-0.4, -0.2) is 18.4 Å². The second-order valence-electron chi connectivity index (χ2n) is 17.8.